The van der Waals surface area contributed by atoms with Crippen LogP contribution in [-0.2, 0) is 33.2 Å². The molecule has 7 nitrogen and oxygen atoms in total. The Balaban J connectivity index is 3.04. The van der Waals surface area contributed by atoms with E-state index in [9.17, 15) is 0 Å². The van der Waals surface area contributed by atoms with Gasteiger partial charge in [-0.15, -0.1) is 0 Å². The average Bonchev–Trinajstić information content (AvgIpc) is 3.11. The maximum atomic E-state index is 5.70. The van der Waals surface area contributed by atoms with Crippen molar-refractivity contribution < 1.29 is 33.2 Å². The molecule has 0 atom stereocenters. The van der Waals surface area contributed by atoms with E-state index in [0.29, 0.717) is 79.3 Å². The lowest BCUT2D eigenvalue weighted by Crippen LogP contribution is -2.14. The monoisotopic (exact) mass is 703 g/mol. The van der Waals surface area contributed by atoms with Gasteiger partial charge >= 0.3 is 0 Å². The molecule has 0 aliphatic carbocycles. The molecule has 0 bridgehead atoms. The van der Waals surface area contributed by atoms with Crippen LogP contribution in [0.3, 0.4) is 0 Å². The SMILES string of the molecule is CCCCCCCCCCCCCCCCCCOCCOCCOCCOCCOCCOCCOCCCCCCCCCCCC. The summed E-state index contributed by atoms with van der Waals surface area (Å²) in [5.41, 5.74) is 0. The predicted octanol–water partition coefficient (Wildman–Crippen LogP) is 11.3. The topological polar surface area (TPSA) is 64.6 Å². The van der Waals surface area contributed by atoms with Gasteiger partial charge in [-0.2, -0.15) is 0 Å². The molecule has 0 N–H and O–H groups in total. The van der Waals surface area contributed by atoms with E-state index in [1.165, 1.54) is 154 Å². The highest BCUT2D eigenvalue weighted by atomic mass is 16.6. The van der Waals surface area contributed by atoms with E-state index in [1.807, 2.05) is 0 Å². The van der Waals surface area contributed by atoms with Crippen molar-refractivity contribution >= 4 is 0 Å². The highest BCUT2D eigenvalue weighted by molar-refractivity contribution is 4.51. The summed E-state index contributed by atoms with van der Waals surface area (Å²) in [7, 11) is 0. The van der Waals surface area contributed by atoms with Crippen molar-refractivity contribution in [2.75, 3.05) is 92.5 Å². The van der Waals surface area contributed by atoms with Crippen LogP contribution in [0.25, 0.3) is 0 Å². The first-order valence-corrected chi connectivity index (χ1v) is 21.5. The molecule has 0 fully saturated rings. The van der Waals surface area contributed by atoms with Gasteiger partial charge in [-0.3, -0.25) is 0 Å². The van der Waals surface area contributed by atoms with Crippen LogP contribution in [0.1, 0.15) is 181 Å². The maximum Gasteiger partial charge on any atom is 0.0701 e. The van der Waals surface area contributed by atoms with E-state index in [-0.39, 0.29) is 0 Å². The van der Waals surface area contributed by atoms with Gasteiger partial charge in [-0.05, 0) is 12.8 Å². The Morgan fingerprint density at radius 2 is 0.306 bits per heavy atom. The van der Waals surface area contributed by atoms with E-state index < -0.39 is 0 Å². The number of hydrogen-bond donors (Lipinski definition) is 0. The molecule has 296 valence electrons. The number of unbranched alkanes of at least 4 members (excludes halogenated alkanes) is 24. The van der Waals surface area contributed by atoms with Crippen LogP contribution in [0.15, 0.2) is 0 Å². The lowest BCUT2D eigenvalue weighted by molar-refractivity contribution is -0.0206. The van der Waals surface area contributed by atoms with Gasteiger partial charge in [-0.1, -0.05) is 168 Å². The Bertz CT molecular complexity index is 505. The van der Waals surface area contributed by atoms with E-state index in [0.717, 1.165) is 26.1 Å². The quantitative estimate of drug-likeness (QED) is 0.0585. The zero-order valence-corrected chi connectivity index (χ0v) is 33.1. The summed E-state index contributed by atoms with van der Waals surface area (Å²) in [6.45, 7) is 13.5. The third-order valence-electron chi connectivity index (χ3n) is 9.02. The van der Waals surface area contributed by atoms with Gasteiger partial charge in [0.25, 0.3) is 0 Å². The van der Waals surface area contributed by atoms with E-state index in [4.69, 9.17) is 33.2 Å². The van der Waals surface area contributed by atoms with Crippen molar-refractivity contribution in [3.63, 3.8) is 0 Å². The first-order chi connectivity index (χ1) is 24.4. The number of hydrogen-bond acceptors (Lipinski definition) is 7. The Morgan fingerprint density at radius 1 is 0.163 bits per heavy atom. The van der Waals surface area contributed by atoms with E-state index in [1.54, 1.807) is 0 Å². The minimum atomic E-state index is 0.568. The fraction of sp³-hybridized carbons (Fsp3) is 1.00. The van der Waals surface area contributed by atoms with Crippen molar-refractivity contribution in [2.24, 2.45) is 0 Å². The molecule has 0 aliphatic heterocycles. The first kappa shape index (κ1) is 48.7. The highest BCUT2D eigenvalue weighted by Gasteiger charge is 1.98. The van der Waals surface area contributed by atoms with Crippen LogP contribution in [0.2, 0.25) is 0 Å². The van der Waals surface area contributed by atoms with Crippen LogP contribution < -0.4 is 0 Å². The van der Waals surface area contributed by atoms with Gasteiger partial charge in [-0.25, -0.2) is 0 Å². The lowest BCUT2D eigenvalue weighted by Gasteiger charge is -2.08. The molecule has 7 heteroatoms. The third-order valence-corrected chi connectivity index (χ3v) is 9.02. The standard InChI is InChI=1S/C42H86O7/c1-3-5-7-9-11-13-15-16-17-18-19-20-22-24-26-28-30-44-32-34-46-36-38-48-40-42-49-41-39-47-37-35-45-33-31-43-29-27-25-23-21-14-12-10-8-6-4-2/h3-42H2,1-2H3. The minimum Gasteiger partial charge on any atom is -0.379 e. The zero-order valence-electron chi connectivity index (χ0n) is 33.1. The molecule has 0 saturated heterocycles. The smallest absolute Gasteiger partial charge is 0.0701 e. The normalized spacial score (nSPS) is 11.6. The second kappa shape index (κ2) is 47.7. The molecule has 0 saturated carbocycles. The van der Waals surface area contributed by atoms with Crippen molar-refractivity contribution in [1.82, 2.24) is 0 Å². The second-order valence-electron chi connectivity index (χ2n) is 13.8. The zero-order chi connectivity index (χ0) is 35.2. The Hall–Kier alpha value is -0.280. The van der Waals surface area contributed by atoms with Crippen LogP contribution >= 0.6 is 0 Å². The molecule has 0 aromatic carbocycles. The van der Waals surface area contributed by atoms with Gasteiger partial charge in [0.1, 0.15) is 0 Å². The van der Waals surface area contributed by atoms with Gasteiger partial charge in [0.2, 0.25) is 0 Å². The van der Waals surface area contributed by atoms with Gasteiger partial charge in [0.05, 0.1) is 79.3 Å². The highest BCUT2D eigenvalue weighted by Crippen LogP contribution is 2.14. The Kier molecular flexibility index (Phi) is 47.4. The number of ether oxygens (including phenoxy) is 7. The second-order valence-corrected chi connectivity index (χ2v) is 13.8. The molecule has 0 unspecified atom stereocenters. The Morgan fingerprint density at radius 3 is 0.490 bits per heavy atom. The maximum absolute atomic E-state index is 5.70. The van der Waals surface area contributed by atoms with Crippen LogP contribution in [0, 0.1) is 0 Å². The lowest BCUT2D eigenvalue weighted by atomic mass is 10.0. The first-order valence-electron chi connectivity index (χ1n) is 21.5. The molecule has 49 heavy (non-hydrogen) atoms. The summed E-state index contributed by atoms with van der Waals surface area (Å²) < 4.78 is 39.2. The predicted molar refractivity (Wildman–Crippen MR) is 207 cm³/mol. The van der Waals surface area contributed by atoms with Crippen LogP contribution in [0.5, 0.6) is 0 Å². The van der Waals surface area contributed by atoms with Crippen molar-refractivity contribution in [3.8, 4) is 0 Å². The largest absolute Gasteiger partial charge is 0.379 e. The molecule has 0 heterocycles. The molecule has 0 aromatic rings. The fourth-order valence-corrected chi connectivity index (χ4v) is 5.87. The van der Waals surface area contributed by atoms with Gasteiger partial charge < -0.3 is 33.2 Å². The summed E-state index contributed by atoms with van der Waals surface area (Å²) in [5, 5.41) is 0. The molecule has 0 amide bonds. The molecular weight excluding hydrogens is 616 g/mol. The van der Waals surface area contributed by atoms with E-state index in [2.05, 4.69) is 13.8 Å². The molecule has 0 radical (unpaired) electrons. The van der Waals surface area contributed by atoms with Gasteiger partial charge in [0, 0.05) is 13.2 Å². The average molecular weight is 703 g/mol. The summed E-state index contributed by atoms with van der Waals surface area (Å²) >= 11 is 0. The molecule has 0 spiro atoms. The summed E-state index contributed by atoms with van der Waals surface area (Å²) in [4.78, 5) is 0. The molecule has 0 aliphatic rings. The van der Waals surface area contributed by atoms with Crippen LogP contribution in [-0.4, -0.2) is 92.5 Å². The van der Waals surface area contributed by atoms with Crippen molar-refractivity contribution in [3.05, 3.63) is 0 Å². The molecule has 0 rings (SSSR count). The van der Waals surface area contributed by atoms with E-state index >= 15 is 0 Å². The summed E-state index contributed by atoms with van der Waals surface area (Å²) in [6.07, 6.45) is 35.8. The number of rotatable bonds is 46. The van der Waals surface area contributed by atoms with Crippen molar-refractivity contribution in [2.45, 2.75) is 181 Å². The Labute approximate surface area is 305 Å². The summed E-state index contributed by atoms with van der Waals surface area (Å²) in [6, 6.07) is 0. The summed E-state index contributed by atoms with van der Waals surface area (Å²) in [5.74, 6) is 0. The third kappa shape index (κ3) is 47.7. The van der Waals surface area contributed by atoms with Crippen LogP contribution in [0.4, 0.5) is 0 Å². The van der Waals surface area contributed by atoms with Gasteiger partial charge in [0.15, 0.2) is 0 Å². The molecular formula is C42H86O7. The minimum absolute atomic E-state index is 0.568. The molecule has 0 aromatic heterocycles. The van der Waals surface area contributed by atoms with Crippen molar-refractivity contribution in [1.29, 1.82) is 0 Å². The fourth-order valence-electron chi connectivity index (χ4n) is 5.87.